The molecule has 2 aromatic rings. The first kappa shape index (κ1) is 14.0. The molecule has 0 aliphatic heterocycles. The van der Waals surface area contributed by atoms with Gasteiger partial charge in [0.25, 0.3) is 0 Å². The van der Waals surface area contributed by atoms with Crippen molar-refractivity contribution in [1.29, 1.82) is 0 Å². The number of aliphatic hydroxyl groups is 1. The number of rotatable bonds is 5. The Morgan fingerprint density at radius 2 is 2.10 bits per heavy atom. The third-order valence-electron chi connectivity index (χ3n) is 4.17. The molecule has 3 nitrogen and oxygen atoms in total. The summed E-state index contributed by atoms with van der Waals surface area (Å²) in [4.78, 5) is 4.29. The summed E-state index contributed by atoms with van der Waals surface area (Å²) < 4.78 is 13.4. The van der Waals surface area contributed by atoms with Gasteiger partial charge in [0.05, 0.1) is 11.4 Å². The SMILES string of the molecule is Nc1cc(C(O)(CCC2CC2)c2ccccn2)ccc1F. The number of pyridine rings is 1. The molecule has 1 aromatic carbocycles. The molecule has 21 heavy (non-hydrogen) atoms. The first-order valence-corrected chi connectivity index (χ1v) is 7.29. The van der Waals surface area contributed by atoms with E-state index in [0.29, 0.717) is 23.6 Å². The van der Waals surface area contributed by atoms with Crippen LogP contribution in [0.5, 0.6) is 0 Å². The standard InChI is InChI=1S/C17H19FN2O/c18-14-7-6-13(11-15(14)19)17(21,9-8-12-4-5-12)16-3-1-2-10-20-16/h1-3,6-7,10-12,21H,4-5,8-9,19H2. The van der Waals surface area contributed by atoms with Gasteiger partial charge in [-0.1, -0.05) is 25.0 Å². The molecule has 3 N–H and O–H groups in total. The van der Waals surface area contributed by atoms with Crippen LogP contribution in [0.3, 0.4) is 0 Å². The number of nitrogen functional groups attached to an aromatic ring is 1. The Morgan fingerprint density at radius 1 is 1.29 bits per heavy atom. The molecule has 1 fully saturated rings. The first-order valence-electron chi connectivity index (χ1n) is 7.29. The van der Waals surface area contributed by atoms with Gasteiger partial charge in [0.1, 0.15) is 11.4 Å². The monoisotopic (exact) mass is 286 g/mol. The van der Waals surface area contributed by atoms with E-state index in [1.165, 1.54) is 25.0 Å². The fourth-order valence-electron chi connectivity index (χ4n) is 2.65. The molecule has 1 saturated carbocycles. The number of halogens is 1. The predicted octanol–water partition coefficient (Wildman–Crippen LogP) is 3.23. The number of benzene rings is 1. The van der Waals surface area contributed by atoms with Gasteiger partial charge in [-0.05, 0) is 48.6 Å². The largest absolute Gasteiger partial charge is 0.396 e. The van der Waals surface area contributed by atoms with Crippen molar-refractivity contribution >= 4 is 5.69 Å². The molecule has 4 heteroatoms. The zero-order chi connectivity index (χ0) is 14.9. The number of nitrogens with two attached hydrogens (primary N) is 1. The summed E-state index contributed by atoms with van der Waals surface area (Å²) in [6.45, 7) is 0. The van der Waals surface area contributed by atoms with Crippen molar-refractivity contribution < 1.29 is 9.50 Å². The molecule has 0 radical (unpaired) electrons. The lowest BCUT2D eigenvalue weighted by Gasteiger charge is -2.28. The van der Waals surface area contributed by atoms with Crippen LogP contribution in [-0.2, 0) is 5.60 Å². The third kappa shape index (κ3) is 2.90. The third-order valence-corrected chi connectivity index (χ3v) is 4.17. The summed E-state index contributed by atoms with van der Waals surface area (Å²) in [5.74, 6) is 0.224. The predicted molar refractivity (Wildman–Crippen MR) is 80.0 cm³/mol. The van der Waals surface area contributed by atoms with Crippen LogP contribution in [-0.4, -0.2) is 10.1 Å². The molecule has 0 amide bonds. The number of nitrogens with zero attached hydrogens (tertiary/aromatic N) is 1. The van der Waals surface area contributed by atoms with Crippen molar-refractivity contribution in [3.05, 3.63) is 59.7 Å². The molecule has 1 heterocycles. The topological polar surface area (TPSA) is 59.1 Å². The molecular formula is C17H19FN2O. The minimum atomic E-state index is -1.22. The van der Waals surface area contributed by atoms with Gasteiger partial charge >= 0.3 is 0 Å². The van der Waals surface area contributed by atoms with Crippen molar-refractivity contribution in [2.75, 3.05) is 5.73 Å². The van der Waals surface area contributed by atoms with E-state index in [1.54, 1.807) is 18.3 Å². The van der Waals surface area contributed by atoms with Gasteiger partial charge in [0, 0.05) is 6.20 Å². The van der Waals surface area contributed by atoms with Crippen LogP contribution in [0.4, 0.5) is 10.1 Å². The average Bonchev–Trinajstić information content (AvgIpc) is 3.33. The zero-order valence-corrected chi connectivity index (χ0v) is 11.8. The van der Waals surface area contributed by atoms with Gasteiger partial charge in [-0.2, -0.15) is 0 Å². The molecule has 1 unspecified atom stereocenters. The Morgan fingerprint density at radius 3 is 2.71 bits per heavy atom. The Balaban J connectivity index is 1.99. The van der Waals surface area contributed by atoms with E-state index in [4.69, 9.17) is 5.73 Å². The van der Waals surface area contributed by atoms with E-state index in [-0.39, 0.29) is 5.69 Å². The van der Waals surface area contributed by atoms with E-state index >= 15 is 0 Å². The van der Waals surface area contributed by atoms with E-state index in [9.17, 15) is 9.50 Å². The molecular weight excluding hydrogens is 267 g/mol. The summed E-state index contributed by atoms with van der Waals surface area (Å²) in [5.41, 5.74) is 5.67. The number of aromatic nitrogens is 1. The Bertz CT molecular complexity index is 628. The minimum absolute atomic E-state index is 0.0493. The lowest BCUT2D eigenvalue weighted by atomic mass is 9.84. The Labute approximate surface area is 123 Å². The van der Waals surface area contributed by atoms with E-state index in [1.807, 2.05) is 12.1 Å². The van der Waals surface area contributed by atoms with Crippen molar-refractivity contribution in [2.24, 2.45) is 5.92 Å². The summed E-state index contributed by atoms with van der Waals surface area (Å²) >= 11 is 0. The maximum Gasteiger partial charge on any atom is 0.146 e. The van der Waals surface area contributed by atoms with Gasteiger partial charge in [-0.15, -0.1) is 0 Å². The highest BCUT2D eigenvalue weighted by molar-refractivity contribution is 5.46. The fourth-order valence-corrected chi connectivity index (χ4v) is 2.65. The minimum Gasteiger partial charge on any atom is -0.396 e. The van der Waals surface area contributed by atoms with Crippen molar-refractivity contribution in [3.8, 4) is 0 Å². The highest BCUT2D eigenvalue weighted by Crippen LogP contribution is 2.40. The molecule has 1 aromatic heterocycles. The highest BCUT2D eigenvalue weighted by Gasteiger charge is 2.35. The summed E-state index contributed by atoms with van der Waals surface area (Å²) in [5, 5.41) is 11.2. The molecule has 1 aliphatic carbocycles. The van der Waals surface area contributed by atoms with Gasteiger partial charge in [-0.3, -0.25) is 4.98 Å². The second kappa shape index (κ2) is 5.45. The second-order valence-electron chi connectivity index (χ2n) is 5.79. The molecule has 1 aliphatic rings. The average molecular weight is 286 g/mol. The quantitative estimate of drug-likeness (QED) is 0.830. The number of anilines is 1. The van der Waals surface area contributed by atoms with Crippen LogP contribution < -0.4 is 5.73 Å². The number of hydrogen-bond acceptors (Lipinski definition) is 3. The van der Waals surface area contributed by atoms with E-state index < -0.39 is 11.4 Å². The molecule has 110 valence electrons. The highest BCUT2D eigenvalue weighted by atomic mass is 19.1. The molecule has 0 saturated heterocycles. The fraction of sp³-hybridized carbons (Fsp3) is 0.353. The van der Waals surface area contributed by atoms with Crippen molar-refractivity contribution in [2.45, 2.75) is 31.3 Å². The van der Waals surface area contributed by atoms with Crippen LogP contribution in [0.15, 0.2) is 42.6 Å². The van der Waals surface area contributed by atoms with Gasteiger partial charge in [0.15, 0.2) is 0 Å². The normalized spacial score (nSPS) is 17.4. The molecule has 3 rings (SSSR count). The molecule has 0 bridgehead atoms. The smallest absolute Gasteiger partial charge is 0.146 e. The molecule has 0 spiro atoms. The van der Waals surface area contributed by atoms with E-state index in [0.717, 1.165) is 6.42 Å². The van der Waals surface area contributed by atoms with Gasteiger partial charge in [-0.25, -0.2) is 4.39 Å². The molecule has 1 atom stereocenters. The van der Waals surface area contributed by atoms with Crippen LogP contribution >= 0.6 is 0 Å². The van der Waals surface area contributed by atoms with Crippen LogP contribution in [0.25, 0.3) is 0 Å². The van der Waals surface area contributed by atoms with Crippen LogP contribution in [0.2, 0.25) is 0 Å². The lowest BCUT2D eigenvalue weighted by Crippen LogP contribution is -2.29. The van der Waals surface area contributed by atoms with Crippen LogP contribution in [0.1, 0.15) is 36.9 Å². The summed E-state index contributed by atoms with van der Waals surface area (Å²) in [6.07, 6.45) is 5.61. The van der Waals surface area contributed by atoms with Gasteiger partial charge in [0.2, 0.25) is 0 Å². The van der Waals surface area contributed by atoms with Crippen molar-refractivity contribution in [1.82, 2.24) is 4.98 Å². The maximum absolute atomic E-state index is 13.4. The second-order valence-corrected chi connectivity index (χ2v) is 5.79. The Kier molecular flexibility index (Phi) is 3.64. The maximum atomic E-state index is 13.4. The number of hydrogen-bond donors (Lipinski definition) is 2. The van der Waals surface area contributed by atoms with Crippen LogP contribution in [0, 0.1) is 11.7 Å². The lowest BCUT2D eigenvalue weighted by molar-refractivity contribution is 0.0625. The van der Waals surface area contributed by atoms with Gasteiger partial charge < -0.3 is 10.8 Å². The summed E-state index contributed by atoms with van der Waals surface area (Å²) in [7, 11) is 0. The summed E-state index contributed by atoms with van der Waals surface area (Å²) in [6, 6.07) is 9.85. The first-order chi connectivity index (χ1) is 10.1. The van der Waals surface area contributed by atoms with Crippen molar-refractivity contribution in [3.63, 3.8) is 0 Å². The zero-order valence-electron chi connectivity index (χ0n) is 11.8. The Hall–Kier alpha value is -1.94. The van der Waals surface area contributed by atoms with E-state index in [2.05, 4.69) is 4.98 Å².